The molecule has 0 radical (unpaired) electrons. The van der Waals surface area contributed by atoms with Gasteiger partial charge in [-0.05, 0) is 31.1 Å². The van der Waals surface area contributed by atoms with Gasteiger partial charge in [0.05, 0.1) is 11.2 Å². The molecule has 0 aromatic carbocycles. The van der Waals surface area contributed by atoms with Crippen molar-refractivity contribution >= 4 is 10.0 Å². The van der Waals surface area contributed by atoms with Gasteiger partial charge in [-0.3, -0.25) is 0 Å². The molecule has 2 aliphatic carbocycles. The fourth-order valence-corrected chi connectivity index (χ4v) is 4.32. The lowest BCUT2D eigenvalue weighted by Crippen LogP contribution is -2.60. The largest absolute Gasteiger partial charge is 0.395 e. The molecule has 0 aliphatic heterocycles. The maximum absolute atomic E-state index is 12.9. The molecule has 0 aromatic heterocycles. The number of nitrogens with two attached hydrogens (primary N) is 1. The normalized spacial score (nSPS) is 27.2. The SMILES string of the molecule is NS(=O)(=O)CC1(C(F)(F)F)CC2(CCC2)C1. The molecule has 2 fully saturated rings. The highest BCUT2D eigenvalue weighted by Crippen LogP contribution is 2.69. The van der Waals surface area contributed by atoms with Crippen molar-refractivity contribution in [3.8, 4) is 0 Å². The molecular formula is C9H14F3NO2S. The minimum absolute atomic E-state index is 0.0695. The lowest BCUT2D eigenvalue weighted by molar-refractivity contribution is -0.284. The molecule has 2 rings (SSSR count). The summed E-state index contributed by atoms with van der Waals surface area (Å²) in [6.45, 7) is 0. The van der Waals surface area contributed by atoms with E-state index in [0.717, 1.165) is 19.3 Å². The molecule has 0 aromatic rings. The Morgan fingerprint density at radius 1 is 1.19 bits per heavy atom. The van der Waals surface area contributed by atoms with Crippen LogP contribution in [0, 0.1) is 10.8 Å². The summed E-state index contributed by atoms with van der Waals surface area (Å²) in [6, 6.07) is 0. The second kappa shape index (κ2) is 3.13. The van der Waals surface area contributed by atoms with E-state index in [4.69, 9.17) is 5.14 Å². The third-order valence-corrected chi connectivity index (χ3v) is 4.87. The molecule has 16 heavy (non-hydrogen) atoms. The molecule has 7 heteroatoms. The number of alkyl halides is 3. The third-order valence-electron chi connectivity index (χ3n) is 3.92. The first-order valence-electron chi connectivity index (χ1n) is 5.15. The minimum atomic E-state index is -4.47. The topological polar surface area (TPSA) is 60.2 Å². The highest BCUT2D eigenvalue weighted by atomic mass is 32.2. The number of hydrogen-bond acceptors (Lipinski definition) is 2. The Balaban J connectivity index is 2.17. The zero-order chi connectivity index (χ0) is 12.2. The average molecular weight is 257 g/mol. The second-order valence-electron chi connectivity index (χ2n) is 5.29. The van der Waals surface area contributed by atoms with Crippen LogP contribution in [0.2, 0.25) is 0 Å². The molecule has 94 valence electrons. The molecule has 0 amide bonds. The molecule has 2 N–H and O–H groups in total. The van der Waals surface area contributed by atoms with Crippen molar-refractivity contribution in [3.63, 3.8) is 0 Å². The first-order chi connectivity index (χ1) is 7.08. The van der Waals surface area contributed by atoms with Gasteiger partial charge >= 0.3 is 6.18 Å². The number of hydrogen-bond donors (Lipinski definition) is 1. The van der Waals surface area contributed by atoms with Gasteiger partial charge in [0.2, 0.25) is 10.0 Å². The van der Waals surface area contributed by atoms with E-state index < -0.39 is 27.4 Å². The van der Waals surface area contributed by atoms with Crippen LogP contribution < -0.4 is 5.14 Å². The van der Waals surface area contributed by atoms with Crippen LogP contribution in [0.3, 0.4) is 0 Å². The maximum atomic E-state index is 12.9. The maximum Gasteiger partial charge on any atom is 0.395 e. The predicted molar refractivity (Wildman–Crippen MR) is 52.0 cm³/mol. The van der Waals surface area contributed by atoms with Crippen LogP contribution in [0.5, 0.6) is 0 Å². The Morgan fingerprint density at radius 3 is 1.94 bits per heavy atom. The smallest absolute Gasteiger partial charge is 0.229 e. The lowest BCUT2D eigenvalue weighted by Gasteiger charge is -2.61. The molecule has 0 atom stereocenters. The van der Waals surface area contributed by atoms with Crippen molar-refractivity contribution in [1.29, 1.82) is 0 Å². The van der Waals surface area contributed by atoms with Gasteiger partial charge in [0.1, 0.15) is 0 Å². The zero-order valence-electron chi connectivity index (χ0n) is 8.68. The van der Waals surface area contributed by atoms with Gasteiger partial charge in [-0.25, -0.2) is 13.6 Å². The van der Waals surface area contributed by atoms with Gasteiger partial charge in [-0.1, -0.05) is 6.42 Å². The fraction of sp³-hybridized carbons (Fsp3) is 1.00. The van der Waals surface area contributed by atoms with Gasteiger partial charge in [-0.2, -0.15) is 13.2 Å². The van der Waals surface area contributed by atoms with Crippen molar-refractivity contribution in [2.24, 2.45) is 16.0 Å². The van der Waals surface area contributed by atoms with Gasteiger partial charge in [0.15, 0.2) is 0 Å². The van der Waals surface area contributed by atoms with Crippen LogP contribution in [0.25, 0.3) is 0 Å². The van der Waals surface area contributed by atoms with Gasteiger partial charge in [-0.15, -0.1) is 0 Å². The molecule has 0 bridgehead atoms. The van der Waals surface area contributed by atoms with E-state index >= 15 is 0 Å². The fourth-order valence-electron chi connectivity index (χ4n) is 3.18. The van der Waals surface area contributed by atoms with Crippen LogP contribution in [0.4, 0.5) is 13.2 Å². The molecule has 2 saturated carbocycles. The number of sulfonamides is 1. The van der Waals surface area contributed by atoms with Crippen LogP contribution in [0.1, 0.15) is 32.1 Å². The van der Waals surface area contributed by atoms with Crippen molar-refractivity contribution < 1.29 is 21.6 Å². The van der Waals surface area contributed by atoms with Crippen LogP contribution in [-0.4, -0.2) is 20.3 Å². The molecule has 0 unspecified atom stereocenters. The summed E-state index contributed by atoms with van der Waals surface area (Å²) in [5, 5.41) is 4.75. The average Bonchev–Trinajstić information content (AvgIpc) is 1.86. The van der Waals surface area contributed by atoms with E-state index in [9.17, 15) is 21.6 Å². The Bertz CT molecular complexity index is 389. The van der Waals surface area contributed by atoms with E-state index in [0.29, 0.717) is 0 Å². The van der Waals surface area contributed by atoms with Gasteiger partial charge in [0.25, 0.3) is 0 Å². The van der Waals surface area contributed by atoms with Crippen molar-refractivity contribution in [3.05, 3.63) is 0 Å². The van der Waals surface area contributed by atoms with E-state index in [-0.39, 0.29) is 18.3 Å². The van der Waals surface area contributed by atoms with E-state index in [1.54, 1.807) is 0 Å². The van der Waals surface area contributed by atoms with E-state index in [2.05, 4.69) is 0 Å². The highest BCUT2D eigenvalue weighted by Gasteiger charge is 2.69. The summed E-state index contributed by atoms with van der Waals surface area (Å²) < 4.78 is 60.4. The number of rotatable bonds is 2. The molecular weight excluding hydrogens is 243 g/mol. The first-order valence-corrected chi connectivity index (χ1v) is 6.86. The summed E-state index contributed by atoms with van der Waals surface area (Å²) in [6.07, 6.45) is -2.09. The van der Waals surface area contributed by atoms with Crippen molar-refractivity contribution in [2.75, 3.05) is 5.75 Å². The highest BCUT2D eigenvalue weighted by molar-refractivity contribution is 7.89. The molecule has 0 saturated heterocycles. The second-order valence-corrected chi connectivity index (χ2v) is 6.91. The van der Waals surface area contributed by atoms with Crippen LogP contribution in [0.15, 0.2) is 0 Å². The predicted octanol–water partition coefficient (Wildman–Crippen LogP) is 1.79. The number of halogens is 3. The first kappa shape index (κ1) is 12.2. The summed E-state index contributed by atoms with van der Waals surface area (Å²) in [7, 11) is -4.08. The Kier molecular flexibility index (Phi) is 2.38. The standard InChI is InChI=1S/C9H14F3NO2S/c10-9(11,12)8(6-16(13,14)15)4-7(5-8)2-1-3-7/h1-6H2,(H2,13,14,15). The Labute approximate surface area is 92.2 Å². The van der Waals surface area contributed by atoms with Crippen molar-refractivity contribution in [2.45, 2.75) is 38.3 Å². The van der Waals surface area contributed by atoms with E-state index in [1.165, 1.54) is 0 Å². The minimum Gasteiger partial charge on any atom is -0.229 e. The number of primary sulfonamides is 1. The van der Waals surface area contributed by atoms with Gasteiger partial charge in [0, 0.05) is 0 Å². The summed E-state index contributed by atoms with van der Waals surface area (Å²) in [4.78, 5) is 0. The summed E-state index contributed by atoms with van der Waals surface area (Å²) in [5.74, 6) is -0.967. The van der Waals surface area contributed by atoms with E-state index in [1.807, 2.05) is 0 Å². The van der Waals surface area contributed by atoms with Gasteiger partial charge < -0.3 is 0 Å². The van der Waals surface area contributed by atoms with Crippen LogP contribution in [-0.2, 0) is 10.0 Å². The Hall–Kier alpha value is -0.300. The lowest BCUT2D eigenvalue weighted by atomic mass is 9.45. The van der Waals surface area contributed by atoms with Crippen molar-refractivity contribution in [1.82, 2.24) is 0 Å². The summed E-state index contributed by atoms with van der Waals surface area (Å²) in [5.41, 5.74) is -2.32. The Morgan fingerprint density at radius 2 is 1.69 bits per heavy atom. The molecule has 3 nitrogen and oxygen atoms in total. The quantitative estimate of drug-likeness (QED) is 0.819. The molecule has 2 aliphatic rings. The van der Waals surface area contributed by atoms with Crippen LogP contribution >= 0.6 is 0 Å². The zero-order valence-corrected chi connectivity index (χ0v) is 9.50. The molecule has 0 heterocycles. The molecule has 1 spiro atoms. The third kappa shape index (κ3) is 1.84. The summed E-state index contributed by atoms with van der Waals surface area (Å²) >= 11 is 0. The monoisotopic (exact) mass is 257 g/mol.